The van der Waals surface area contributed by atoms with Crippen LogP contribution in [0.3, 0.4) is 0 Å². The van der Waals surface area contributed by atoms with Gasteiger partial charge in [-0.05, 0) is 36.5 Å². The molecule has 2 heteroatoms. The lowest BCUT2D eigenvalue weighted by molar-refractivity contribution is 0.354. The molecule has 0 aromatic heterocycles. The Hall–Kier alpha value is -1.18. The van der Waals surface area contributed by atoms with Crippen LogP contribution in [0, 0.1) is 5.92 Å². The highest BCUT2D eigenvalue weighted by Gasteiger charge is 2.04. The van der Waals surface area contributed by atoms with Crippen LogP contribution < -0.4 is 9.47 Å². The Bertz CT molecular complexity index is 358. The summed E-state index contributed by atoms with van der Waals surface area (Å²) in [6.07, 6.45) is 7.78. The third-order valence-corrected chi connectivity index (χ3v) is 3.44. The van der Waals surface area contributed by atoms with Crippen molar-refractivity contribution in [1.29, 1.82) is 0 Å². The summed E-state index contributed by atoms with van der Waals surface area (Å²) >= 11 is 0. The third kappa shape index (κ3) is 6.00. The molecule has 19 heavy (non-hydrogen) atoms. The molecule has 1 aromatic carbocycles. The van der Waals surface area contributed by atoms with Crippen molar-refractivity contribution in [3.05, 3.63) is 23.8 Å². The second-order valence-electron chi connectivity index (χ2n) is 5.54. The highest BCUT2D eigenvalue weighted by Crippen LogP contribution is 2.28. The number of methoxy groups -OCH3 is 2. The minimum absolute atomic E-state index is 0.809. The molecule has 1 aromatic rings. The molecule has 0 aliphatic carbocycles. The zero-order valence-electron chi connectivity index (χ0n) is 12.9. The summed E-state index contributed by atoms with van der Waals surface area (Å²) in [7, 11) is 3.36. The van der Waals surface area contributed by atoms with Gasteiger partial charge in [0.2, 0.25) is 0 Å². The average molecular weight is 264 g/mol. The molecule has 0 unspecified atom stereocenters. The zero-order chi connectivity index (χ0) is 14.1. The first-order valence-corrected chi connectivity index (χ1v) is 7.38. The molecule has 0 amide bonds. The van der Waals surface area contributed by atoms with Crippen molar-refractivity contribution in [2.75, 3.05) is 14.2 Å². The summed E-state index contributed by atoms with van der Waals surface area (Å²) < 4.78 is 10.6. The molecule has 0 saturated heterocycles. The van der Waals surface area contributed by atoms with Crippen LogP contribution in [0.15, 0.2) is 18.2 Å². The van der Waals surface area contributed by atoms with Crippen LogP contribution in [-0.4, -0.2) is 14.2 Å². The van der Waals surface area contributed by atoms with E-state index >= 15 is 0 Å². The standard InChI is InChI=1S/C17H28O2/c1-14(2)9-7-5-6-8-10-15-11-12-16(18-3)17(13-15)19-4/h11-14H,5-10H2,1-4H3. The minimum Gasteiger partial charge on any atom is -0.493 e. The van der Waals surface area contributed by atoms with E-state index in [1.54, 1.807) is 14.2 Å². The van der Waals surface area contributed by atoms with Crippen LogP contribution in [0.25, 0.3) is 0 Å². The number of unbranched alkanes of at least 4 members (excludes halogenated alkanes) is 3. The zero-order valence-corrected chi connectivity index (χ0v) is 12.9. The van der Waals surface area contributed by atoms with Gasteiger partial charge in [0.25, 0.3) is 0 Å². The second-order valence-corrected chi connectivity index (χ2v) is 5.54. The van der Waals surface area contributed by atoms with Crippen molar-refractivity contribution in [1.82, 2.24) is 0 Å². The molecule has 0 bridgehead atoms. The first-order chi connectivity index (χ1) is 9.17. The van der Waals surface area contributed by atoms with Crippen molar-refractivity contribution >= 4 is 0 Å². The number of hydrogen-bond acceptors (Lipinski definition) is 2. The van der Waals surface area contributed by atoms with E-state index < -0.39 is 0 Å². The van der Waals surface area contributed by atoms with Gasteiger partial charge in [0.1, 0.15) is 0 Å². The van der Waals surface area contributed by atoms with Gasteiger partial charge in [0.15, 0.2) is 11.5 Å². The Kier molecular flexibility index (Phi) is 7.39. The number of ether oxygens (including phenoxy) is 2. The van der Waals surface area contributed by atoms with E-state index in [1.807, 2.05) is 6.07 Å². The van der Waals surface area contributed by atoms with Crippen molar-refractivity contribution in [3.8, 4) is 11.5 Å². The molecule has 1 rings (SSSR count). The van der Waals surface area contributed by atoms with E-state index in [2.05, 4.69) is 26.0 Å². The van der Waals surface area contributed by atoms with Crippen LogP contribution in [0.2, 0.25) is 0 Å². The maximum absolute atomic E-state index is 5.32. The monoisotopic (exact) mass is 264 g/mol. The molecule has 0 aliphatic heterocycles. The topological polar surface area (TPSA) is 18.5 Å². The molecule has 0 heterocycles. The second kappa shape index (κ2) is 8.84. The Morgan fingerprint density at radius 1 is 0.895 bits per heavy atom. The van der Waals surface area contributed by atoms with Crippen molar-refractivity contribution in [3.63, 3.8) is 0 Å². The summed E-state index contributed by atoms with van der Waals surface area (Å²) in [6, 6.07) is 6.22. The SMILES string of the molecule is COc1ccc(CCCCCCC(C)C)cc1OC. The van der Waals surface area contributed by atoms with Gasteiger partial charge >= 0.3 is 0 Å². The quantitative estimate of drug-likeness (QED) is 0.593. The fourth-order valence-corrected chi connectivity index (χ4v) is 2.27. The smallest absolute Gasteiger partial charge is 0.160 e. The van der Waals surface area contributed by atoms with E-state index in [4.69, 9.17) is 9.47 Å². The number of hydrogen-bond donors (Lipinski definition) is 0. The van der Waals surface area contributed by atoms with Gasteiger partial charge < -0.3 is 9.47 Å². The molecule has 0 atom stereocenters. The Labute approximate surface area is 118 Å². The molecule has 2 nitrogen and oxygen atoms in total. The maximum Gasteiger partial charge on any atom is 0.160 e. The van der Waals surface area contributed by atoms with E-state index in [0.29, 0.717) is 0 Å². The average Bonchev–Trinajstić information content (AvgIpc) is 2.42. The maximum atomic E-state index is 5.32. The fourth-order valence-electron chi connectivity index (χ4n) is 2.27. The summed E-state index contributed by atoms with van der Waals surface area (Å²) in [5, 5.41) is 0. The Morgan fingerprint density at radius 2 is 1.58 bits per heavy atom. The van der Waals surface area contributed by atoms with Gasteiger partial charge in [-0.2, -0.15) is 0 Å². The predicted octanol–water partition coefficient (Wildman–Crippen LogP) is 4.85. The van der Waals surface area contributed by atoms with Crippen LogP contribution in [0.4, 0.5) is 0 Å². The largest absolute Gasteiger partial charge is 0.493 e. The van der Waals surface area contributed by atoms with Crippen LogP contribution >= 0.6 is 0 Å². The summed E-state index contributed by atoms with van der Waals surface area (Å²) in [5.41, 5.74) is 1.33. The predicted molar refractivity (Wildman–Crippen MR) is 81.2 cm³/mol. The van der Waals surface area contributed by atoms with Crippen molar-refractivity contribution < 1.29 is 9.47 Å². The van der Waals surface area contributed by atoms with Crippen LogP contribution in [0.1, 0.15) is 51.5 Å². The number of rotatable bonds is 9. The number of benzene rings is 1. The van der Waals surface area contributed by atoms with E-state index in [-0.39, 0.29) is 0 Å². The molecule has 0 N–H and O–H groups in total. The summed E-state index contributed by atoms with van der Waals surface area (Å²) in [5.74, 6) is 2.48. The lowest BCUT2D eigenvalue weighted by atomic mass is 10.0. The summed E-state index contributed by atoms with van der Waals surface area (Å²) in [4.78, 5) is 0. The molecule has 0 saturated carbocycles. The van der Waals surface area contributed by atoms with Crippen molar-refractivity contribution in [2.24, 2.45) is 5.92 Å². The Morgan fingerprint density at radius 3 is 2.21 bits per heavy atom. The van der Waals surface area contributed by atoms with Gasteiger partial charge in [-0.1, -0.05) is 45.6 Å². The van der Waals surface area contributed by atoms with Crippen molar-refractivity contribution in [2.45, 2.75) is 52.4 Å². The molecule has 0 radical (unpaired) electrons. The van der Waals surface area contributed by atoms with Gasteiger partial charge in [-0.3, -0.25) is 0 Å². The van der Waals surface area contributed by atoms with Gasteiger partial charge in [0.05, 0.1) is 14.2 Å². The first kappa shape index (κ1) is 15.9. The highest BCUT2D eigenvalue weighted by atomic mass is 16.5. The number of aryl methyl sites for hydroxylation is 1. The van der Waals surface area contributed by atoms with Gasteiger partial charge in [0, 0.05) is 0 Å². The molecular formula is C17H28O2. The lowest BCUT2D eigenvalue weighted by Crippen LogP contribution is -1.93. The highest BCUT2D eigenvalue weighted by molar-refractivity contribution is 5.42. The first-order valence-electron chi connectivity index (χ1n) is 7.38. The van der Waals surface area contributed by atoms with E-state index in [9.17, 15) is 0 Å². The van der Waals surface area contributed by atoms with Crippen LogP contribution in [0.5, 0.6) is 11.5 Å². The van der Waals surface area contributed by atoms with E-state index in [1.165, 1.54) is 37.7 Å². The third-order valence-electron chi connectivity index (χ3n) is 3.44. The summed E-state index contributed by atoms with van der Waals surface area (Å²) in [6.45, 7) is 4.59. The fraction of sp³-hybridized carbons (Fsp3) is 0.647. The molecule has 0 fully saturated rings. The lowest BCUT2D eigenvalue weighted by Gasteiger charge is -2.09. The molecule has 0 aliphatic rings. The molecule has 108 valence electrons. The Balaban J connectivity index is 2.29. The minimum atomic E-state index is 0.809. The van der Waals surface area contributed by atoms with Gasteiger partial charge in [-0.15, -0.1) is 0 Å². The van der Waals surface area contributed by atoms with E-state index in [0.717, 1.165) is 23.8 Å². The van der Waals surface area contributed by atoms with Gasteiger partial charge in [-0.25, -0.2) is 0 Å². The molecule has 0 spiro atoms. The van der Waals surface area contributed by atoms with Crippen LogP contribution in [-0.2, 0) is 6.42 Å². The normalized spacial score (nSPS) is 10.8. The molecular weight excluding hydrogens is 236 g/mol.